The summed E-state index contributed by atoms with van der Waals surface area (Å²) in [6, 6.07) is 6.05. The van der Waals surface area contributed by atoms with Crippen molar-refractivity contribution in [2.75, 3.05) is 24.2 Å². The average molecular weight is 523 g/mol. The predicted octanol–water partition coefficient (Wildman–Crippen LogP) is 8.22. The smallest absolute Gasteiger partial charge is 0.241 e. The molecule has 0 unspecified atom stereocenters. The lowest BCUT2D eigenvalue weighted by atomic mass is 9.92. The summed E-state index contributed by atoms with van der Waals surface area (Å²) < 4.78 is 28.3. The van der Waals surface area contributed by atoms with Gasteiger partial charge in [0.2, 0.25) is 15.9 Å². The lowest BCUT2D eigenvalue weighted by molar-refractivity contribution is -0.113. The van der Waals surface area contributed by atoms with Crippen molar-refractivity contribution in [3.8, 4) is 0 Å². The third-order valence-electron chi connectivity index (χ3n) is 6.87. The second kappa shape index (κ2) is 18.0. The minimum atomic E-state index is -3.68. The van der Waals surface area contributed by atoms with Crippen LogP contribution >= 0.6 is 0 Å². The van der Waals surface area contributed by atoms with Gasteiger partial charge in [-0.1, -0.05) is 124 Å². The van der Waals surface area contributed by atoms with Crippen molar-refractivity contribution >= 4 is 21.6 Å². The second-order valence-electron chi connectivity index (χ2n) is 10.9. The van der Waals surface area contributed by atoms with E-state index in [1.165, 1.54) is 38.5 Å². The monoisotopic (exact) mass is 522 g/mol. The normalized spacial score (nSPS) is 12.1. The molecule has 0 atom stereocenters. The van der Waals surface area contributed by atoms with Gasteiger partial charge in [-0.15, -0.1) is 0 Å². The lowest BCUT2D eigenvalue weighted by Crippen LogP contribution is -2.38. The molecule has 0 radical (unpaired) electrons. The van der Waals surface area contributed by atoms with Gasteiger partial charge in [0.15, 0.2) is 0 Å². The Morgan fingerprint density at radius 3 is 1.58 bits per heavy atom. The van der Waals surface area contributed by atoms with E-state index in [4.69, 9.17) is 0 Å². The first-order chi connectivity index (χ1) is 17.1. The van der Waals surface area contributed by atoms with Crippen LogP contribution in [-0.4, -0.2) is 37.5 Å². The third kappa shape index (κ3) is 12.2. The molecule has 1 N–H and O–H groups in total. The minimum Gasteiger partial charge on any atom is -0.325 e. The van der Waals surface area contributed by atoms with Crippen LogP contribution in [0.5, 0.6) is 0 Å². The van der Waals surface area contributed by atoms with Crippen molar-refractivity contribution in [1.29, 1.82) is 0 Å². The van der Waals surface area contributed by atoms with Crippen LogP contribution in [0.25, 0.3) is 0 Å². The molecule has 0 heterocycles. The molecule has 0 aliphatic rings. The maximum Gasteiger partial charge on any atom is 0.241 e. The molecule has 1 rings (SSSR count). The van der Waals surface area contributed by atoms with Gasteiger partial charge >= 0.3 is 0 Å². The van der Waals surface area contributed by atoms with Gasteiger partial charge in [-0.3, -0.25) is 4.79 Å². The number of hydrogen-bond acceptors (Lipinski definition) is 3. The van der Waals surface area contributed by atoms with Crippen molar-refractivity contribution in [2.24, 2.45) is 0 Å². The van der Waals surface area contributed by atoms with E-state index >= 15 is 0 Å². The number of sulfonamides is 1. The first-order valence-corrected chi connectivity index (χ1v) is 16.1. The molecule has 0 saturated heterocycles. The summed E-state index contributed by atoms with van der Waals surface area (Å²) in [5.41, 5.74) is 2.87. The quantitative estimate of drug-likeness (QED) is 0.175. The number of benzene rings is 1. The number of nitrogens with one attached hydrogen (secondary N) is 1. The SMILES string of the molecule is CCCCCCCCN(CCCCCCCC)S(=O)(=O)CC(=O)Nc1c(C(C)C)cccc1C(C)C. The molecule has 1 aromatic rings. The number of amides is 1. The number of anilines is 1. The third-order valence-corrected chi connectivity index (χ3v) is 8.65. The molecular weight excluding hydrogens is 468 g/mol. The largest absolute Gasteiger partial charge is 0.325 e. The maximum atomic E-state index is 13.4. The van der Waals surface area contributed by atoms with Crippen LogP contribution in [0.3, 0.4) is 0 Å². The molecule has 0 aliphatic heterocycles. The Hall–Kier alpha value is -1.40. The predicted molar refractivity (Wildman–Crippen MR) is 155 cm³/mol. The van der Waals surface area contributed by atoms with Crippen LogP contribution < -0.4 is 5.32 Å². The van der Waals surface area contributed by atoms with Gasteiger partial charge in [-0.25, -0.2) is 12.7 Å². The highest BCUT2D eigenvalue weighted by Gasteiger charge is 2.26. The first kappa shape index (κ1) is 32.6. The molecule has 208 valence electrons. The van der Waals surface area contributed by atoms with E-state index in [0.29, 0.717) is 13.1 Å². The fraction of sp³-hybridized carbons (Fsp3) is 0.767. The van der Waals surface area contributed by atoms with E-state index in [2.05, 4.69) is 46.9 Å². The zero-order valence-corrected chi connectivity index (χ0v) is 24.9. The van der Waals surface area contributed by atoms with Gasteiger partial charge < -0.3 is 5.32 Å². The summed E-state index contributed by atoms with van der Waals surface area (Å²) in [7, 11) is -3.68. The van der Waals surface area contributed by atoms with E-state index < -0.39 is 21.7 Å². The molecule has 0 bridgehead atoms. The first-order valence-electron chi connectivity index (χ1n) is 14.5. The molecule has 36 heavy (non-hydrogen) atoms. The van der Waals surface area contributed by atoms with E-state index in [0.717, 1.165) is 55.3 Å². The molecule has 1 amide bonds. The number of carbonyl (C=O) groups is 1. The van der Waals surface area contributed by atoms with Gasteiger partial charge in [-0.05, 0) is 35.8 Å². The highest BCUT2D eigenvalue weighted by atomic mass is 32.2. The van der Waals surface area contributed by atoms with Gasteiger partial charge in [0.1, 0.15) is 5.75 Å². The molecule has 5 nitrogen and oxygen atoms in total. The molecule has 6 heteroatoms. The van der Waals surface area contributed by atoms with E-state index in [9.17, 15) is 13.2 Å². The Morgan fingerprint density at radius 2 is 1.17 bits per heavy atom. The van der Waals surface area contributed by atoms with E-state index in [1.807, 2.05) is 18.2 Å². The fourth-order valence-electron chi connectivity index (χ4n) is 4.65. The summed E-state index contributed by atoms with van der Waals surface area (Å²) >= 11 is 0. The summed E-state index contributed by atoms with van der Waals surface area (Å²) in [5.74, 6) is -0.483. The topological polar surface area (TPSA) is 66.5 Å². The van der Waals surface area contributed by atoms with Crippen LogP contribution in [0.4, 0.5) is 5.69 Å². The zero-order valence-electron chi connectivity index (χ0n) is 24.1. The Labute approximate surface area is 222 Å². The maximum absolute atomic E-state index is 13.4. The average Bonchev–Trinajstić information content (AvgIpc) is 2.81. The number of rotatable bonds is 20. The summed E-state index contributed by atoms with van der Waals surface area (Å²) in [6.07, 6.45) is 13.3. The van der Waals surface area contributed by atoms with Crippen LogP contribution in [-0.2, 0) is 14.8 Å². The molecule has 0 spiro atoms. The number of unbranched alkanes of at least 4 members (excludes halogenated alkanes) is 10. The van der Waals surface area contributed by atoms with E-state index in [-0.39, 0.29) is 11.8 Å². The summed E-state index contributed by atoms with van der Waals surface area (Å²) in [4.78, 5) is 13.1. The Morgan fingerprint density at radius 1 is 0.750 bits per heavy atom. The minimum absolute atomic E-state index is 0.229. The van der Waals surface area contributed by atoms with Crippen LogP contribution in [0.2, 0.25) is 0 Å². The van der Waals surface area contributed by atoms with E-state index in [1.54, 1.807) is 4.31 Å². The zero-order chi connectivity index (χ0) is 27.0. The number of carbonyl (C=O) groups excluding carboxylic acids is 1. The highest BCUT2D eigenvalue weighted by Crippen LogP contribution is 2.32. The number of para-hydroxylation sites is 1. The Balaban J connectivity index is 2.88. The fourth-order valence-corrected chi connectivity index (χ4v) is 6.06. The van der Waals surface area contributed by atoms with Gasteiger partial charge in [0, 0.05) is 18.8 Å². The van der Waals surface area contributed by atoms with Crippen molar-refractivity contribution in [2.45, 2.75) is 130 Å². The van der Waals surface area contributed by atoms with Crippen LogP contribution in [0.1, 0.15) is 142 Å². The number of nitrogens with zero attached hydrogens (tertiary/aromatic N) is 1. The Kier molecular flexibility index (Phi) is 16.3. The molecule has 0 fully saturated rings. The van der Waals surface area contributed by atoms with Crippen molar-refractivity contribution in [1.82, 2.24) is 4.31 Å². The van der Waals surface area contributed by atoms with Gasteiger partial charge in [-0.2, -0.15) is 0 Å². The Bertz CT molecular complexity index is 808. The molecule has 0 aliphatic carbocycles. The molecule has 1 aromatic carbocycles. The van der Waals surface area contributed by atoms with Gasteiger partial charge in [0.25, 0.3) is 0 Å². The standard InChI is InChI=1S/C30H54N2O3S/c1-7-9-11-13-15-17-22-32(23-18-16-14-12-10-8-2)36(34,35)24-29(33)31-30-27(25(3)4)20-19-21-28(30)26(5)6/h19-21,25-26H,7-18,22-24H2,1-6H3,(H,31,33). The van der Waals surface area contributed by atoms with Crippen LogP contribution in [0.15, 0.2) is 18.2 Å². The van der Waals surface area contributed by atoms with Crippen molar-refractivity contribution in [3.63, 3.8) is 0 Å². The number of hydrogen-bond donors (Lipinski definition) is 1. The molecule has 0 saturated carbocycles. The lowest BCUT2D eigenvalue weighted by Gasteiger charge is -2.23. The second-order valence-corrected chi connectivity index (χ2v) is 12.8. The summed E-state index contributed by atoms with van der Waals surface area (Å²) in [5, 5.41) is 2.99. The van der Waals surface area contributed by atoms with Crippen molar-refractivity contribution in [3.05, 3.63) is 29.3 Å². The summed E-state index contributed by atoms with van der Waals surface area (Å²) in [6.45, 7) is 13.8. The van der Waals surface area contributed by atoms with Gasteiger partial charge in [0.05, 0.1) is 0 Å². The van der Waals surface area contributed by atoms with Crippen molar-refractivity contribution < 1.29 is 13.2 Å². The highest BCUT2D eigenvalue weighted by molar-refractivity contribution is 7.89. The van der Waals surface area contributed by atoms with Crippen LogP contribution in [0, 0.1) is 0 Å². The molecular formula is C30H54N2O3S. The molecule has 0 aromatic heterocycles.